The molecule has 13 heteroatoms. The van der Waals surface area contributed by atoms with Crippen LogP contribution in [0.5, 0.6) is 5.75 Å². The van der Waals surface area contributed by atoms with Gasteiger partial charge in [-0.15, -0.1) is 15.7 Å². The van der Waals surface area contributed by atoms with E-state index in [0.717, 1.165) is 27.0 Å². The summed E-state index contributed by atoms with van der Waals surface area (Å²) < 4.78 is 50.1. The molecule has 0 aliphatic carbocycles. The van der Waals surface area contributed by atoms with Gasteiger partial charge in [0.2, 0.25) is 11.3 Å². The fourth-order valence-corrected chi connectivity index (χ4v) is 5.82. The second-order valence-corrected chi connectivity index (χ2v) is 11.7. The summed E-state index contributed by atoms with van der Waals surface area (Å²) in [6, 6.07) is 1.56. The standard InChI is InChI=1S/C18H25N5O5S3/c1-9(2)14(13-7-10(3)11(4)28-13)20-17-16(21-30(25)22-17)19-12-8-29-18(15(12)24)31(26,27)23(5)6/h7-9,14,24H,1-6H3,(H,19,21)(H,20,22)/t14-,30?/m1/s1. The topological polar surface area (TPSA) is 147 Å². The van der Waals surface area contributed by atoms with Crippen LogP contribution in [0.15, 0.2) is 25.1 Å². The molecule has 0 fully saturated rings. The van der Waals surface area contributed by atoms with Crippen LogP contribution in [0, 0.1) is 19.8 Å². The van der Waals surface area contributed by atoms with Crippen molar-refractivity contribution in [2.75, 3.05) is 19.4 Å². The zero-order valence-corrected chi connectivity index (χ0v) is 20.4. The van der Waals surface area contributed by atoms with Crippen LogP contribution in [0.1, 0.15) is 37.0 Å². The smallest absolute Gasteiger partial charge is 0.255 e. The van der Waals surface area contributed by atoms with Gasteiger partial charge < -0.3 is 19.4 Å². The monoisotopic (exact) mass is 487 g/mol. The van der Waals surface area contributed by atoms with Gasteiger partial charge in [-0.1, -0.05) is 13.8 Å². The average molecular weight is 488 g/mol. The number of H-pyrrole nitrogens is 1. The van der Waals surface area contributed by atoms with Crippen LogP contribution in [-0.4, -0.2) is 45.2 Å². The highest BCUT2D eigenvalue weighted by Crippen LogP contribution is 2.39. The molecule has 0 amide bonds. The van der Waals surface area contributed by atoms with Crippen molar-refractivity contribution in [3.63, 3.8) is 0 Å². The van der Waals surface area contributed by atoms with E-state index in [9.17, 15) is 18.1 Å². The molecule has 3 aromatic heterocycles. The zero-order valence-electron chi connectivity index (χ0n) is 18.0. The van der Waals surface area contributed by atoms with Crippen molar-refractivity contribution < 1.29 is 22.5 Å². The molecule has 0 saturated heterocycles. The van der Waals surface area contributed by atoms with E-state index in [4.69, 9.17) is 4.42 Å². The first-order chi connectivity index (χ1) is 14.4. The van der Waals surface area contributed by atoms with E-state index >= 15 is 0 Å². The molecule has 3 rings (SSSR count). The van der Waals surface area contributed by atoms with E-state index in [0.29, 0.717) is 5.76 Å². The largest absolute Gasteiger partial charge is 0.548 e. The maximum absolute atomic E-state index is 12.3. The molecule has 1 unspecified atom stereocenters. The number of furan rings is 1. The molecule has 0 radical (unpaired) electrons. The minimum Gasteiger partial charge on any atom is -0.548 e. The Kier molecular flexibility index (Phi) is 6.62. The Labute approximate surface area is 187 Å². The van der Waals surface area contributed by atoms with Crippen molar-refractivity contribution in [2.24, 2.45) is 10.9 Å². The lowest BCUT2D eigenvalue weighted by molar-refractivity contribution is 0.387. The number of aromatic hydroxyl groups is 1. The molecule has 31 heavy (non-hydrogen) atoms. The van der Waals surface area contributed by atoms with Gasteiger partial charge in [0, 0.05) is 23.8 Å². The molecule has 3 aromatic rings. The van der Waals surface area contributed by atoms with Crippen LogP contribution < -0.4 is 10.8 Å². The molecule has 0 saturated carbocycles. The number of aromatic nitrogens is 2. The molecular formula is C18H25N5O5S3. The SMILES string of the molecule is Cc1cc([C@H](N=c2[nH][s+]([O-])nc2Nc2csc(S(=O)(=O)N(C)C)c2O)C(C)C)oc1C. The Bertz CT molecular complexity index is 1230. The minimum atomic E-state index is -3.81. The lowest BCUT2D eigenvalue weighted by atomic mass is 10.0. The number of nitrogens with zero attached hydrogens (tertiary/aromatic N) is 3. The van der Waals surface area contributed by atoms with Crippen molar-refractivity contribution in [1.29, 1.82) is 0 Å². The van der Waals surface area contributed by atoms with Gasteiger partial charge in [0.05, 0.1) is 5.69 Å². The number of thiophene rings is 1. The number of hydrogen-bond acceptors (Lipinski definition) is 9. The van der Waals surface area contributed by atoms with E-state index in [1.54, 1.807) is 0 Å². The second kappa shape index (κ2) is 8.74. The van der Waals surface area contributed by atoms with Gasteiger partial charge in [-0.25, -0.2) is 17.7 Å². The molecule has 0 spiro atoms. The Morgan fingerprint density at radius 2 is 2.06 bits per heavy atom. The number of aromatic amines is 1. The summed E-state index contributed by atoms with van der Waals surface area (Å²) in [7, 11) is -1.05. The van der Waals surface area contributed by atoms with Crippen LogP contribution in [0.25, 0.3) is 0 Å². The van der Waals surface area contributed by atoms with Gasteiger partial charge in [-0.05, 0) is 31.4 Å². The van der Waals surface area contributed by atoms with Gasteiger partial charge in [-0.3, -0.25) is 0 Å². The van der Waals surface area contributed by atoms with Gasteiger partial charge in [0.15, 0.2) is 21.1 Å². The first-order valence-corrected chi connectivity index (χ1v) is 12.8. The molecule has 2 atom stereocenters. The van der Waals surface area contributed by atoms with Crippen molar-refractivity contribution >= 4 is 44.0 Å². The van der Waals surface area contributed by atoms with Crippen LogP contribution in [0.3, 0.4) is 0 Å². The Morgan fingerprint density at radius 1 is 1.39 bits per heavy atom. The molecule has 3 N–H and O–H groups in total. The van der Waals surface area contributed by atoms with E-state index in [-0.39, 0.29) is 33.2 Å². The summed E-state index contributed by atoms with van der Waals surface area (Å²) in [4.78, 5) is 4.66. The Morgan fingerprint density at radius 3 is 2.61 bits per heavy atom. The maximum atomic E-state index is 12.3. The summed E-state index contributed by atoms with van der Waals surface area (Å²) >= 11 is -0.888. The maximum Gasteiger partial charge on any atom is 0.255 e. The number of aryl methyl sites for hydroxylation is 2. The summed E-state index contributed by atoms with van der Waals surface area (Å²) in [6.07, 6.45) is 0. The van der Waals surface area contributed by atoms with Crippen LogP contribution >= 0.6 is 22.5 Å². The van der Waals surface area contributed by atoms with Crippen molar-refractivity contribution in [3.05, 3.63) is 34.0 Å². The highest BCUT2D eigenvalue weighted by atomic mass is 32.2. The van der Waals surface area contributed by atoms with E-state index < -0.39 is 26.9 Å². The molecule has 0 aromatic carbocycles. The predicted molar refractivity (Wildman–Crippen MR) is 119 cm³/mol. The van der Waals surface area contributed by atoms with E-state index in [1.807, 2.05) is 33.8 Å². The number of sulfonamides is 1. The van der Waals surface area contributed by atoms with Crippen molar-refractivity contribution in [3.8, 4) is 5.75 Å². The number of anilines is 2. The third-order valence-corrected chi connectivity index (χ3v) is 8.68. The lowest BCUT2D eigenvalue weighted by Gasteiger charge is -2.13. The summed E-state index contributed by atoms with van der Waals surface area (Å²) in [5.74, 6) is 1.24. The molecule has 10 nitrogen and oxygen atoms in total. The number of hydrogen-bond donors (Lipinski definition) is 3. The van der Waals surface area contributed by atoms with Gasteiger partial charge in [0.1, 0.15) is 17.6 Å². The molecule has 0 aliphatic rings. The third-order valence-electron chi connectivity index (χ3n) is 4.66. The fourth-order valence-electron chi connectivity index (χ4n) is 2.78. The van der Waals surface area contributed by atoms with E-state index in [2.05, 4.69) is 19.1 Å². The van der Waals surface area contributed by atoms with Crippen LogP contribution in [-0.2, 0) is 10.0 Å². The highest BCUT2D eigenvalue weighted by molar-refractivity contribution is 7.91. The van der Waals surface area contributed by atoms with Gasteiger partial charge in [0.25, 0.3) is 10.0 Å². The lowest BCUT2D eigenvalue weighted by Crippen LogP contribution is -2.21. The molecular weight excluding hydrogens is 462 g/mol. The van der Waals surface area contributed by atoms with Gasteiger partial charge >= 0.3 is 0 Å². The highest BCUT2D eigenvalue weighted by Gasteiger charge is 2.27. The number of rotatable bonds is 7. The predicted octanol–water partition coefficient (Wildman–Crippen LogP) is 3.41. The molecule has 3 heterocycles. The Balaban J connectivity index is 2.02. The normalized spacial score (nSPS) is 14.6. The van der Waals surface area contributed by atoms with Crippen molar-refractivity contribution in [2.45, 2.75) is 37.9 Å². The minimum absolute atomic E-state index is 0.0703. The summed E-state index contributed by atoms with van der Waals surface area (Å²) in [6.45, 7) is 7.80. The first-order valence-electron chi connectivity index (χ1n) is 9.34. The summed E-state index contributed by atoms with van der Waals surface area (Å²) in [5, 5.41) is 14.7. The Hall–Kier alpha value is -2.19. The van der Waals surface area contributed by atoms with Crippen molar-refractivity contribution in [1.82, 2.24) is 13.1 Å². The first kappa shape index (κ1) is 23.5. The third kappa shape index (κ3) is 4.70. The van der Waals surface area contributed by atoms with Gasteiger partial charge in [-0.2, -0.15) is 0 Å². The quantitative estimate of drug-likeness (QED) is 0.433. The summed E-state index contributed by atoms with van der Waals surface area (Å²) in [5.41, 5.74) is 1.36. The molecule has 170 valence electrons. The zero-order chi connectivity index (χ0) is 23.1. The average Bonchev–Trinajstić information content (AvgIpc) is 3.31. The van der Waals surface area contributed by atoms with Crippen LogP contribution in [0.2, 0.25) is 0 Å². The fraction of sp³-hybridized carbons (Fsp3) is 0.444. The van der Waals surface area contributed by atoms with Crippen LogP contribution in [0.4, 0.5) is 11.5 Å². The van der Waals surface area contributed by atoms with E-state index in [1.165, 1.54) is 19.5 Å². The molecule has 0 bridgehead atoms. The second-order valence-electron chi connectivity index (χ2n) is 7.54. The number of nitrogens with one attached hydrogen (secondary N) is 2. The molecule has 0 aliphatic heterocycles.